The summed E-state index contributed by atoms with van der Waals surface area (Å²) >= 11 is 18.0. The summed E-state index contributed by atoms with van der Waals surface area (Å²) < 4.78 is 15.0. The molecule has 0 saturated carbocycles. The number of hydrogen-bond acceptors (Lipinski definition) is 5. The van der Waals surface area contributed by atoms with Crippen LogP contribution in [0.4, 0.5) is 0 Å². The Bertz CT molecular complexity index is 1580. The number of nitrogens with zero attached hydrogens (tertiary/aromatic N) is 3. The normalized spacial score (nSPS) is 12.3. The highest BCUT2D eigenvalue weighted by Crippen LogP contribution is 2.35. The summed E-state index contributed by atoms with van der Waals surface area (Å²) in [7, 11) is 0. The van der Waals surface area contributed by atoms with Crippen LogP contribution in [0.15, 0.2) is 62.9 Å². The maximum Gasteiger partial charge on any atom is 0.282 e. The third kappa shape index (κ3) is 6.52. The van der Waals surface area contributed by atoms with Crippen molar-refractivity contribution < 1.29 is 9.47 Å². The summed E-state index contributed by atoms with van der Waals surface area (Å²) in [6.07, 6.45) is 2.46. The minimum Gasteiger partial charge on any atom is -0.490 e. The molecule has 0 fully saturated rings. The van der Waals surface area contributed by atoms with Gasteiger partial charge in [-0.1, -0.05) is 59.0 Å². The standard InChI is InChI=1S/C28H25BrCl2IN3O3/c1-4-16(3)27-34-24-9-7-19(29)12-21(24)28(36)35(27)33-14-17-10-23(32)26(25(11-17)37-5-2)38-15-18-6-8-20(30)13-22(18)31/h6-14,16H,4-5,15H2,1-3H3/t16-/m1/s1. The highest BCUT2D eigenvalue weighted by Gasteiger charge is 2.17. The van der Waals surface area contributed by atoms with E-state index < -0.39 is 0 Å². The van der Waals surface area contributed by atoms with Crippen LogP contribution in [0.1, 0.15) is 50.1 Å². The Hall–Kier alpha value is -2.14. The molecule has 6 nitrogen and oxygen atoms in total. The van der Waals surface area contributed by atoms with Gasteiger partial charge in [0.15, 0.2) is 11.5 Å². The van der Waals surface area contributed by atoms with Crippen molar-refractivity contribution >= 4 is 78.8 Å². The van der Waals surface area contributed by atoms with Crippen LogP contribution in [0.5, 0.6) is 11.5 Å². The van der Waals surface area contributed by atoms with E-state index in [1.807, 2.05) is 44.2 Å². The van der Waals surface area contributed by atoms with Gasteiger partial charge in [0.05, 0.1) is 27.3 Å². The van der Waals surface area contributed by atoms with Gasteiger partial charge in [-0.2, -0.15) is 9.78 Å². The lowest BCUT2D eigenvalue weighted by molar-refractivity contribution is 0.267. The molecule has 0 bridgehead atoms. The van der Waals surface area contributed by atoms with Crippen LogP contribution in [-0.2, 0) is 6.61 Å². The third-order valence-corrected chi connectivity index (χ3v) is 7.81. The lowest BCUT2D eigenvalue weighted by atomic mass is 10.1. The minimum absolute atomic E-state index is 0.0440. The molecular formula is C28H25BrCl2IN3O3. The van der Waals surface area contributed by atoms with Gasteiger partial charge in [0.25, 0.3) is 5.56 Å². The second kappa shape index (κ2) is 12.8. The van der Waals surface area contributed by atoms with Crippen molar-refractivity contribution in [2.45, 2.75) is 39.7 Å². The topological polar surface area (TPSA) is 65.7 Å². The van der Waals surface area contributed by atoms with Crippen LogP contribution in [0.2, 0.25) is 10.0 Å². The van der Waals surface area contributed by atoms with Crippen molar-refractivity contribution in [1.29, 1.82) is 0 Å². The first-order valence-electron chi connectivity index (χ1n) is 12.0. The van der Waals surface area contributed by atoms with Gasteiger partial charge in [0.1, 0.15) is 12.4 Å². The third-order valence-electron chi connectivity index (χ3n) is 5.93. The molecule has 0 spiro atoms. The van der Waals surface area contributed by atoms with Crippen LogP contribution in [-0.4, -0.2) is 22.5 Å². The molecule has 0 aliphatic rings. The second-order valence-electron chi connectivity index (χ2n) is 8.59. The SMILES string of the molecule is CCOc1cc(C=Nn2c([C@H](C)CC)nc3ccc(Br)cc3c2=O)cc(I)c1OCc1ccc(Cl)cc1Cl. The summed E-state index contributed by atoms with van der Waals surface area (Å²) in [6, 6.07) is 14.5. The average Bonchev–Trinajstić information content (AvgIpc) is 2.88. The van der Waals surface area contributed by atoms with E-state index >= 15 is 0 Å². The molecule has 3 aromatic carbocycles. The summed E-state index contributed by atoms with van der Waals surface area (Å²) in [5.41, 5.74) is 2.00. The summed E-state index contributed by atoms with van der Waals surface area (Å²) in [5.74, 6) is 1.83. The number of benzene rings is 3. The fraction of sp³-hybridized carbons (Fsp3) is 0.250. The average molecular weight is 729 g/mol. The number of aromatic nitrogens is 2. The first-order chi connectivity index (χ1) is 18.2. The fourth-order valence-electron chi connectivity index (χ4n) is 3.76. The van der Waals surface area contributed by atoms with Gasteiger partial charge in [-0.25, -0.2) is 4.98 Å². The minimum atomic E-state index is -0.220. The number of hydrogen-bond donors (Lipinski definition) is 0. The van der Waals surface area contributed by atoms with Crippen molar-refractivity contribution in [3.05, 3.63) is 93.9 Å². The second-order valence-corrected chi connectivity index (χ2v) is 11.5. The molecule has 0 radical (unpaired) electrons. The van der Waals surface area contributed by atoms with Gasteiger partial charge in [-0.3, -0.25) is 4.79 Å². The highest BCUT2D eigenvalue weighted by molar-refractivity contribution is 14.1. The van der Waals surface area contributed by atoms with E-state index in [9.17, 15) is 4.79 Å². The first-order valence-corrected chi connectivity index (χ1v) is 14.6. The molecule has 0 N–H and O–H groups in total. The summed E-state index contributed by atoms with van der Waals surface area (Å²) in [6.45, 7) is 6.71. The van der Waals surface area contributed by atoms with E-state index in [1.54, 1.807) is 24.4 Å². The molecule has 4 rings (SSSR count). The van der Waals surface area contributed by atoms with Gasteiger partial charge in [-0.05, 0) is 84.0 Å². The lowest BCUT2D eigenvalue weighted by Gasteiger charge is -2.16. The molecule has 1 atom stereocenters. The zero-order valence-electron chi connectivity index (χ0n) is 21.0. The summed E-state index contributed by atoms with van der Waals surface area (Å²) in [5, 5.41) is 6.18. The van der Waals surface area contributed by atoms with Crippen molar-refractivity contribution in [2.24, 2.45) is 5.10 Å². The van der Waals surface area contributed by atoms with E-state index in [2.05, 4.69) is 50.5 Å². The van der Waals surface area contributed by atoms with Crippen LogP contribution in [0, 0.1) is 3.57 Å². The maximum atomic E-state index is 13.4. The van der Waals surface area contributed by atoms with E-state index in [0.717, 1.165) is 25.6 Å². The number of fused-ring (bicyclic) bond motifs is 1. The Balaban J connectivity index is 1.71. The Kier molecular flexibility index (Phi) is 9.73. The Morgan fingerprint density at radius 3 is 2.63 bits per heavy atom. The first kappa shape index (κ1) is 28.9. The molecule has 0 saturated heterocycles. The number of ether oxygens (including phenoxy) is 2. The molecule has 0 unspecified atom stereocenters. The smallest absolute Gasteiger partial charge is 0.282 e. The highest BCUT2D eigenvalue weighted by atomic mass is 127. The van der Waals surface area contributed by atoms with E-state index in [0.29, 0.717) is 44.9 Å². The van der Waals surface area contributed by atoms with E-state index in [-0.39, 0.29) is 18.1 Å². The predicted octanol–water partition coefficient (Wildman–Crippen LogP) is 8.44. The van der Waals surface area contributed by atoms with Crippen molar-refractivity contribution in [3.8, 4) is 11.5 Å². The monoisotopic (exact) mass is 727 g/mol. The van der Waals surface area contributed by atoms with Crippen molar-refractivity contribution in [1.82, 2.24) is 9.66 Å². The largest absolute Gasteiger partial charge is 0.490 e. The fourth-order valence-corrected chi connectivity index (χ4v) is 5.36. The van der Waals surface area contributed by atoms with Crippen LogP contribution >= 0.6 is 61.7 Å². The zero-order valence-corrected chi connectivity index (χ0v) is 26.2. The van der Waals surface area contributed by atoms with E-state index in [1.165, 1.54) is 4.68 Å². The molecule has 1 aromatic heterocycles. The van der Waals surface area contributed by atoms with Gasteiger partial charge >= 0.3 is 0 Å². The molecule has 198 valence electrons. The van der Waals surface area contributed by atoms with Gasteiger partial charge in [0, 0.05) is 26.0 Å². The molecule has 10 heteroatoms. The molecule has 0 aliphatic carbocycles. The maximum absolute atomic E-state index is 13.4. The van der Waals surface area contributed by atoms with Gasteiger partial charge < -0.3 is 9.47 Å². The zero-order chi connectivity index (χ0) is 27.4. The molecule has 1 heterocycles. The van der Waals surface area contributed by atoms with Crippen LogP contribution < -0.4 is 15.0 Å². The summed E-state index contributed by atoms with van der Waals surface area (Å²) in [4.78, 5) is 18.2. The molecule has 0 amide bonds. The lowest BCUT2D eigenvalue weighted by Crippen LogP contribution is -2.23. The Morgan fingerprint density at radius 2 is 1.92 bits per heavy atom. The van der Waals surface area contributed by atoms with E-state index in [4.69, 9.17) is 37.7 Å². The van der Waals surface area contributed by atoms with Crippen LogP contribution in [0.3, 0.4) is 0 Å². The van der Waals surface area contributed by atoms with Gasteiger partial charge in [0.2, 0.25) is 0 Å². The van der Waals surface area contributed by atoms with Crippen molar-refractivity contribution in [3.63, 3.8) is 0 Å². The Labute approximate surface area is 253 Å². The van der Waals surface area contributed by atoms with Crippen molar-refractivity contribution in [2.75, 3.05) is 6.61 Å². The number of rotatable bonds is 9. The Morgan fingerprint density at radius 1 is 1.13 bits per heavy atom. The molecule has 38 heavy (non-hydrogen) atoms. The number of halogens is 4. The van der Waals surface area contributed by atoms with Gasteiger partial charge in [-0.15, -0.1) is 0 Å². The predicted molar refractivity (Wildman–Crippen MR) is 167 cm³/mol. The quantitative estimate of drug-likeness (QED) is 0.128. The van der Waals surface area contributed by atoms with Crippen LogP contribution in [0.25, 0.3) is 10.9 Å². The molecule has 0 aliphatic heterocycles. The molecule has 4 aromatic rings. The molecular weight excluding hydrogens is 704 g/mol.